The summed E-state index contributed by atoms with van der Waals surface area (Å²) >= 11 is 1.35. The molecule has 0 aromatic carbocycles. The van der Waals surface area contributed by atoms with Crippen molar-refractivity contribution in [3.05, 3.63) is 11.3 Å². The molecule has 0 N–H and O–H groups in total. The van der Waals surface area contributed by atoms with Crippen molar-refractivity contribution >= 4 is 35.6 Å². The summed E-state index contributed by atoms with van der Waals surface area (Å²) < 4.78 is 15.6. The Bertz CT molecular complexity index is 665. The van der Waals surface area contributed by atoms with Gasteiger partial charge < -0.3 is 14.2 Å². The van der Waals surface area contributed by atoms with E-state index < -0.39 is 40.9 Å². The maximum atomic E-state index is 12.7. The number of amides is 1. The van der Waals surface area contributed by atoms with Gasteiger partial charge in [-0.15, -0.1) is 11.8 Å². The molecule has 0 bridgehead atoms. The van der Waals surface area contributed by atoms with Gasteiger partial charge in [0, 0.05) is 24.7 Å². The molecule has 0 aromatic heterocycles. The molecule has 2 aliphatic heterocycles. The summed E-state index contributed by atoms with van der Waals surface area (Å²) in [4.78, 5) is 49.1. The molecule has 144 valence electrons. The first-order chi connectivity index (χ1) is 12.0. The SMILES string of the molecule is CCC(=O)O[C@H]1C(=O)N2C(C(=O)OC(C)(C)C)=C(COC(C)=O)CS[C@H]12. The summed E-state index contributed by atoms with van der Waals surface area (Å²) in [5.41, 5.74) is -0.193. The fourth-order valence-corrected chi connectivity index (χ4v) is 3.76. The van der Waals surface area contributed by atoms with E-state index in [0.29, 0.717) is 11.3 Å². The zero-order valence-electron chi connectivity index (χ0n) is 15.5. The second-order valence-corrected chi connectivity index (χ2v) is 8.01. The van der Waals surface area contributed by atoms with Crippen molar-refractivity contribution in [2.45, 2.75) is 58.1 Å². The number of thioether (sulfide) groups is 1. The van der Waals surface area contributed by atoms with Gasteiger partial charge in [-0.25, -0.2) is 4.79 Å². The van der Waals surface area contributed by atoms with E-state index in [1.807, 2.05) is 0 Å². The number of nitrogens with zero attached hydrogens (tertiary/aromatic N) is 1. The van der Waals surface area contributed by atoms with E-state index in [9.17, 15) is 19.2 Å². The lowest BCUT2D eigenvalue weighted by molar-refractivity contribution is -0.176. The van der Waals surface area contributed by atoms with Gasteiger partial charge in [-0.05, 0) is 20.8 Å². The molecule has 26 heavy (non-hydrogen) atoms. The Morgan fingerprint density at radius 2 is 1.92 bits per heavy atom. The molecular formula is C17H23NO7S. The second-order valence-electron chi connectivity index (χ2n) is 6.91. The smallest absolute Gasteiger partial charge is 0.355 e. The summed E-state index contributed by atoms with van der Waals surface area (Å²) in [6.07, 6.45) is -0.756. The third-order valence-electron chi connectivity index (χ3n) is 3.59. The van der Waals surface area contributed by atoms with Crippen molar-refractivity contribution in [1.82, 2.24) is 4.90 Å². The van der Waals surface area contributed by atoms with E-state index >= 15 is 0 Å². The molecule has 0 aliphatic carbocycles. The summed E-state index contributed by atoms with van der Waals surface area (Å²) in [6, 6.07) is 0. The molecule has 0 spiro atoms. The quantitative estimate of drug-likeness (QED) is 0.398. The average molecular weight is 385 g/mol. The topological polar surface area (TPSA) is 99.2 Å². The van der Waals surface area contributed by atoms with Crippen LogP contribution in [0.25, 0.3) is 0 Å². The molecule has 2 atom stereocenters. The van der Waals surface area contributed by atoms with Crippen LogP contribution in [0.1, 0.15) is 41.0 Å². The zero-order chi connectivity index (χ0) is 19.6. The zero-order valence-corrected chi connectivity index (χ0v) is 16.3. The summed E-state index contributed by atoms with van der Waals surface area (Å²) in [5.74, 6) is -1.75. The summed E-state index contributed by atoms with van der Waals surface area (Å²) in [5, 5.41) is -0.485. The van der Waals surface area contributed by atoms with Crippen LogP contribution in [0, 0.1) is 0 Å². The molecule has 0 unspecified atom stereocenters. The van der Waals surface area contributed by atoms with Crippen LogP contribution in [0.2, 0.25) is 0 Å². The van der Waals surface area contributed by atoms with Gasteiger partial charge in [-0.3, -0.25) is 19.3 Å². The van der Waals surface area contributed by atoms with Crippen LogP contribution in [0.3, 0.4) is 0 Å². The van der Waals surface area contributed by atoms with Gasteiger partial charge in [0.1, 0.15) is 23.3 Å². The lowest BCUT2D eigenvalue weighted by atomic mass is 10.0. The van der Waals surface area contributed by atoms with Crippen LogP contribution in [0.4, 0.5) is 0 Å². The predicted molar refractivity (Wildman–Crippen MR) is 92.8 cm³/mol. The molecule has 1 amide bonds. The van der Waals surface area contributed by atoms with Crippen LogP contribution in [-0.2, 0) is 33.4 Å². The highest BCUT2D eigenvalue weighted by molar-refractivity contribution is 8.00. The molecule has 0 radical (unpaired) electrons. The normalized spacial score (nSPS) is 22.3. The Morgan fingerprint density at radius 1 is 1.27 bits per heavy atom. The van der Waals surface area contributed by atoms with Crippen LogP contribution in [0.5, 0.6) is 0 Å². The number of hydrogen-bond donors (Lipinski definition) is 0. The van der Waals surface area contributed by atoms with Crippen LogP contribution >= 0.6 is 11.8 Å². The van der Waals surface area contributed by atoms with Gasteiger partial charge >= 0.3 is 17.9 Å². The standard InChI is InChI=1S/C17H23NO7S/c1-6-11(20)24-13-14(21)18-12(16(22)25-17(3,4)5)10(7-23-9(2)19)8-26-15(13)18/h13,15H,6-8H2,1-5H3/t13-,15+/m0/s1. The minimum Gasteiger partial charge on any atom is -0.461 e. The number of carbonyl (C=O) groups excluding carboxylic acids is 4. The Labute approximate surface area is 156 Å². The fraction of sp³-hybridized carbons (Fsp3) is 0.647. The monoisotopic (exact) mass is 385 g/mol. The first kappa shape index (κ1) is 20.3. The first-order valence-electron chi connectivity index (χ1n) is 8.28. The van der Waals surface area contributed by atoms with E-state index in [4.69, 9.17) is 14.2 Å². The van der Waals surface area contributed by atoms with Crippen molar-refractivity contribution in [3.8, 4) is 0 Å². The number of rotatable bonds is 5. The van der Waals surface area contributed by atoms with Gasteiger partial charge in [0.2, 0.25) is 6.10 Å². The fourth-order valence-electron chi connectivity index (χ4n) is 2.46. The highest BCUT2D eigenvalue weighted by atomic mass is 32.2. The molecular weight excluding hydrogens is 362 g/mol. The maximum absolute atomic E-state index is 12.7. The molecule has 0 aromatic rings. The molecule has 2 aliphatic rings. The maximum Gasteiger partial charge on any atom is 0.355 e. The highest BCUT2D eigenvalue weighted by Gasteiger charge is 2.56. The summed E-state index contributed by atoms with van der Waals surface area (Å²) in [6.45, 7) is 7.96. The Hall–Kier alpha value is -2.03. The molecule has 2 heterocycles. The van der Waals surface area contributed by atoms with Gasteiger partial charge in [0.25, 0.3) is 5.91 Å². The van der Waals surface area contributed by atoms with E-state index in [-0.39, 0.29) is 18.7 Å². The number of carbonyl (C=O) groups is 4. The Morgan fingerprint density at radius 3 is 2.46 bits per heavy atom. The van der Waals surface area contributed by atoms with E-state index in [1.54, 1.807) is 27.7 Å². The average Bonchev–Trinajstić information content (AvgIpc) is 2.54. The minimum atomic E-state index is -0.917. The van der Waals surface area contributed by atoms with Crippen LogP contribution in [-0.4, -0.2) is 58.2 Å². The number of β-lactam (4-membered cyclic amide) rings is 1. The van der Waals surface area contributed by atoms with Gasteiger partial charge in [-0.1, -0.05) is 6.92 Å². The predicted octanol–water partition coefficient (Wildman–Crippen LogP) is 1.38. The van der Waals surface area contributed by atoms with Crippen molar-refractivity contribution in [2.75, 3.05) is 12.4 Å². The summed E-state index contributed by atoms with van der Waals surface area (Å²) in [7, 11) is 0. The molecule has 0 saturated carbocycles. The van der Waals surface area contributed by atoms with Crippen LogP contribution in [0.15, 0.2) is 11.3 Å². The minimum absolute atomic E-state index is 0.0683. The van der Waals surface area contributed by atoms with Gasteiger partial charge in [0.05, 0.1) is 0 Å². The van der Waals surface area contributed by atoms with Gasteiger partial charge in [-0.2, -0.15) is 0 Å². The third-order valence-corrected chi connectivity index (χ3v) is 4.90. The van der Waals surface area contributed by atoms with E-state index in [2.05, 4.69) is 0 Å². The van der Waals surface area contributed by atoms with Crippen molar-refractivity contribution < 1.29 is 33.4 Å². The van der Waals surface area contributed by atoms with Crippen molar-refractivity contribution in [2.24, 2.45) is 0 Å². The molecule has 1 fully saturated rings. The largest absolute Gasteiger partial charge is 0.461 e. The molecule has 2 rings (SSSR count). The Kier molecular flexibility index (Phi) is 6.00. The third kappa shape index (κ3) is 4.38. The van der Waals surface area contributed by atoms with E-state index in [1.165, 1.54) is 23.6 Å². The van der Waals surface area contributed by atoms with Crippen LogP contribution < -0.4 is 0 Å². The number of fused-ring (bicyclic) bond motifs is 1. The molecule has 1 saturated heterocycles. The highest BCUT2D eigenvalue weighted by Crippen LogP contribution is 2.42. The lowest BCUT2D eigenvalue weighted by Gasteiger charge is -2.48. The van der Waals surface area contributed by atoms with E-state index in [0.717, 1.165) is 0 Å². The van der Waals surface area contributed by atoms with Gasteiger partial charge in [0.15, 0.2) is 0 Å². The molecule has 9 heteroatoms. The van der Waals surface area contributed by atoms with Crippen molar-refractivity contribution in [1.29, 1.82) is 0 Å². The number of esters is 3. The second kappa shape index (κ2) is 7.69. The van der Waals surface area contributed by atoms with Crippen molar-refractivity contribution in [3.63, 3.8) is 0 Å². The lowest BCUT2D eigenvalue weighted by Crippen LogP contribution is -2.66. The Balaban J connectivity index is 2.28. The first-order valence-corrected chi connectivity index (χ1v) is 9.33. The molecule has 8 nitrogen and oxygen atoms in total. The number of ether oxygens (including phenoxy) is 3. The number of hydrogen-bond acceptors (Lipinski definition) is 8.